The number of hydrogen-bond acceptors (Lipinski definition) is 3. The minimum absolute atomic E-state index is 0.474. The van der Waals surface area contributed by atoms with Crippen LogP contribution in [0, 0.1) is 6.92 Å². The van der Waals surface area contributed by atoms with Crippen LogP contribution < -0.4 is 11.1 Å². The van der Waals surface area contributed by atoms with E-state index in [2.05, 4.69) is 36.3 Å². The van der Waals surface area contributed by atoms with E-state index in [1.54, 1.807) is 0 Å². The van der Waals surface area contributed by atoms with Crippen molar-refractivity contribution < 1.29 is 0 Å². The predicted molar refractivity (Wildman–Crippen MR) is 88.1 cm³/mol. The van der Waals surface area contributed by atoms with E-state index in [9.17, 15) is 0 Å². The summed E-state index contributed by atoms with van der Waals surface area (Å²) in [5, 5.41) is 5.81. The Hall–Kier alpha value is -1.77. The topological polar surface area (TPSA) is 50.9 Å². The molecule has 0 saturated heterocycles. The smallest absolute Gasteiger partial charge is 0.0424 e. The van der Waals surface area contributed by atoms with Crippen molar-refractivity contribution in [1.29, 1.82) is 0 Å². The molecular weight excluding hydrogens is 246 g/mol. The highest BCUT2D eigenvalue weighted by molar-refractivity contribution is 6.00. The maximum absolute atomic E-state index is 6.04. The number of aromatic nitrogens is 1. The van der Waals surface area contributed by atoms with E-state index >= 15 is 0 Å². The Bertz CT molecular complexity index is 578. The normalized spacial score (nSPS) is 12.6. The Morgan fingerprint density at radius 1 is 1.25 bits per heavy atom. The van der Waals surface area contributed by atoms with Crippen molar-refractivity contribution >= 4 is 22.1 Å². The summed E-state index contributed by atoms with van der Waals surface area (Å²) in [6.07, 6.45) is 6.91. The van der Waals surface area contributed by atoms with Crippen LogP contribution in [-0.2, 0) is 0 Å². The zero-order chi connectivity index (χ0) is 14.5. The van der Waals surface area contributed by atoms with Crippen LogP contribution in [0.15, 0.2) is 24.4 Å². The first-order chi connectivity index (χ1) is 9.61. The lowest BCUT2D eigenvalue weighted by Crippen LogP contribution is -2.15. The van der Waals surface area contributed by atoms with Gasteiger partial charge in [0.25, 0.3) is 0 Å². The zero-order valence-electron chi connectivity index (χ0n) is 12.7. The van der Waals surface area contributed by atoms with Crippen LogP contribution in [0.25, 0.3) is 10.8 Å². The highest BCUT2D eigenvalue weighted by atomic mass is 14.9. The summed E-state index contributed by atoms with van der Waals surface area (Å²) in [6, 6.07) is 6.61. The number of aryl methyl sites for hydroxylation is 1. The molecule has 0 radical (unpaired) electrons. The minimum atomic E-state index is 0.474. The lowest BCUT2D eigenvalue weighted by atomic mass is 10.1. The third kappa shape index (κ3) is 3.41. The van der Waals surface area contributed by atoms with E-state index in [4.69, 9.17) is 5.73 Å². The lowest BCUT2D eigenvalue weighted by Gasteiger charge is -2.17. The number of fused-ring (bicyclic) bond motifs is 1. The maximum atomic E-state index is 6.04. The monoisotopic (exact) mass is 271 g/mol. The second-order valence-electron chi connectivity index (χ2n) is 5.61. The molecule has 3 nitrogen and oxygen atoms in total. The second kappa shape index (κ2) is 6.60. The molecular formula is C17H25N3. The number of nitrogens with zero attached hydrogens (tertiary/aromatic N) is 1. The van der Waals surface area contributed by atoms with E-state index in [1.807, 2.05) is 19.2 Å². The molecule has 0 aliphatic heterocycles. The summed E-state index contributed by atoms with van der Waals surface area (Å²) in [5.74, 6) is 0. The van der Waals surface area contributed by atoms with Gasteiger partial charge in [-0.2, -0.15) is 0 Å². The fourth-order valence-corrected chi connectivity index (χ4v) is 2.53. The van der Waals surface area contributed by atoms with E-state index < -0.39 is 0 Å². The van der Waals surface area contributed by atoms with Gasteiger partial charge < -0.3 is 11.1 Å². The zero-order valence-corrected chi connectivity index (χ0v) is 12.7. The van der Waals surface area contributed by atoms with Gasteiger partial charge >= 0.3 is 0 Å². The number of nitrogen functional groups attached to an aromatic ring is 1. The van der Waals surface area contributed by atoms with Crippen molar-refractivity contribution in [3.05, 3.63) is 30.1 Å². The van der Waals surface area contributed by atoms with Gasteiger partial charge in [-0.15, -0.1) is 0 Å². The van der Waals surface area contributed by atoms with Crippen LogP contribution in [0.3, 0.4) is 0 Å². The standard InChI is InChI=1S/C17H25N3/c1-4-5-6-7-12(2)20-17-9-8-16(18)15-11-19-13(3)10-14(15)17/h8-12,20H,4-7,18H2,1-3H3. The van der Waals surface area contributed by atoms with Gasteiger partial charge in [0.15, 0.2) is 0 Å². The molecule has 1 atom stereocenters. The molecule has 0 bridgehead atoms. The highest BCUT2D eigenvalue weighted by Gasteiger charge is 2.08. The minimum Gasteiger partial charge on any atom is -0.398 e. The molecule has 108 valence electrons. The number of nitrogens with one attached hydrogen (secondary N) is 1. The van der Waals surface area contributed by atoms with E-state index in [0.29, 0.717) is 6.04 Å². The molecule has 20 heavy (non-hydrogen) atoms. The Labute approximate surface area is 121 Å². The SMILES string of the molecule is CCCCCC(C)Nc1ccc(N)c2cnc(C)cc12. The number of anilines is 2. The Kier molecular flexibility index (Phi) is 4.83. The van der Waals surface area contributed by atoms with Gasteiger partial charge in [0.2, 0.25) is 0 Å². The summed E-state index contributed by atoms with van der Waals surface area (Å²) in [7, 11) is 0. The number of benzene rings is 1. The number of unbranched alkanes of at least 4 members (excludes halogenated alkanes) is 2. The molecule has 3 heteroatoms. The fourth-order valence-electron chi connectivity index (χ4n) is 2.53. The van der Waals surface area contributed by atoms with Crippen molar-refractivity contribution in [3.8, 4) is 0 Å². The van der Waals surface area contributed by atoms with Gasteiger partial charge in [0.1, 0.15) is 0 Å². The van der Waals surface area contributed by atoms with Crippen LogP contribution in [0.5, 0.6) is 0 Å². The first-order valence-electron chi connectivity index (χ1n) is 7.53. The maximum Gasteiger partial charge on any atom is 0.0424 e. The Morgan fingerprint density at radius 2 is 2.05 bits per heavy atom. The van der Waals surface area contributed by atoms with Gasteiger partial charge in [-0.1, -0.05) is 26.2 Å². The van der Waals surface area contributed by atoms with Crippen molar-refractivity contribution in [2.45, 2.75) is 52.5 Å². The Balaban J connectivity index is 2.21. The molecule has 0 fully saturated rings. The average molecular weight is 271 g/mol. The van der Waals surface area contributed by atoms with Gasteiger partial charge in [-0.3, -0.25) is 4.98 Å². The van der Waals surface area contributed by atoms with Crippen LogP contribution in [0.1, 0.15) is 45.2 Å². The summed E-state index contributed by atoms with van der Waals surface area (Å²) in [5.41, 5.74) is 9.00. The van der Waals surface area contributed by atoms with Crippen molar-refractivity contribution in [2.24, 2.45) is 0 Å². The van der Waals surface area contributed by atoms with Crippen LogP contribution in [0.2, 0.25) is 0 Å². The molecule has 3 N–H and O–H groups in total. The van der Waals surface area contributed by atoms with Crippen molar-refractivity contribution in [2.75, 3.05) is 11.1 Å². The number of nitrogens with two attached hydrogens (primary N) is 1. The molecule has 1 aromatic heterocycles. The first-order valence-corrected chi connectivity index (χ1v) is 7.53. The Morgan fingerprint density at radius 3 is 2.80 bits per heavy atom. The summed E-state index contributed by atoms with van der Waals surface area (Å²) in [4.78, 5) is 4.34. The van der Waals surface area contributed by atoms with Crippen LogP contribution in [0.4, 0.5) is 11.4 Å². The van der Waals surface area contributed by atoms with E-state index in [0.717, 1.165) is 22.5 Å². The van der Waals surface area contributed by atoms with Crippen LogP contribution in [-0.4, -0.2) is 11.0 Å². The third-order valence-corrected chi connectivity index (χ3v) is 3.71. The van der Waals surface area contributed by atoms with Crippen molar-refractivity contribution in [3.63, 3.8) is 0 Å². The summed E-state index contributed by atoms with van der Waals surface area (Å²) in [6.45, 7) is 6.49. The van der Waals surface area contributed by atoms with Gasteiger partial charge in [-0.25, -0.2) is 0 Å². The molecule has 1 unspecified atom stereocenters. The molecule has 0 aliphatic rings. The number of hydrogen-bond donors (Lipinski definition) is 2. The van der Waals surface area contributed by atoms with E-state index in [1.165, 1.54) is 31.1 Å². The quantitative estimate of drug-likeness (QED) is 0.600. The lowest BCUT2D eigenvalue weighted by molar-refractivity contribution is 0.615. The third-order valence-electron chi connectivity index (χ3n) is 3.71. The number of rotatable bonds is 6. The van der Waals surface area contributed by atoms with Crippen molar-refractivity contribution in [1.82, 2.24) is 4.98 Å². The number of pyridine rings is 1. The highest BCUT2D eigenvalue weighted by Crippen LogP contribution is 2.29. The largest absolute Gasteiger partial charge is 0.398 e. The predicted octanol–water partition coefficient (Wildman–Crippen LogP) is 4.51. The molecule has 0 amide bonds. The molecule has 0 saturated carbocycles. The average Bonchev–Trinajstić information content (AvgIpc) is 2.42. The van der Waals surface area contributed by atoms with Gasteiger partial charge in [0.05, 0.1) is 0 Å². The molecule has 2 rings (SSSR count). The van der Waals surface area contributed by atoms with Gasteiger partial charge in [0, 0.05) is 40.1 Å². The molecule has 2 aromatic rings. The van der Waals surface area contributed by atoms with Crippen LogP contribution >= 0.6 is 0 Å². The molecule has 0 aliphatic carbocycles. The first kappa shape index (κ1) is 14.6. The summed E-state index contributed by atoms with van der Waals surface area (Å²) >= 11 is 0. The summed E-state index contributed by atoms with van der Waals surface area (Å²) < 4.78 is 0. The van der Waals surface area contributed by atoms with E-state index in [-0.39, 0.29) is 0 Å². The molecule has 1 heterocycles. The second-order valence-corrected chi connectivity index (χ2v) is 5.61. The fraction of sp³-hybridized carbons (Fsp3) is 0.471. The molecule has 1 aromatic carbocycles. The molecule has 0 spiro atoms. The van der Waals surface area contributed by atoms with Gasteiger partial charge in [-0.05, 0) is 38.5 Å².